The van der Waals surface area contributed by atoms with Crippen molar-refractivity contribution in [2.75, 3.05) is 44.6 Å². The van der Waals surface area contributed by atoms with Crippen molar-refractivity contribution in [3.63, 3.8) is 0 Å². The lowest BCUT2D eigenvalue weighted by atomic mass is 10.1. The van der Waals surface area contributed by atoms with Crippen molar-refractivity contribution in [2.45, 2.75) is 25.8 Å². The molecule has 23 heavy (non-hydrogen) atoms. The predicted molar refractivity (Wildman–Crippen MR) is 88.8 cm³/mol. The molecule has 1 unspecified atom stereocenters. The second kappa shape index (κ2) is 8.96. The normalized spacial score (nSPS) is 17.9. The zero-order valence-corrected chi connectivity index (χ0v) is 13.7. The van der Waals surface area contributed by atoms with E-state index in [2.05, 4.69) is 22.0 Å². The molecule has 2 rings (SSSR count). The number of halogens is 1. The van der Waals surface area contributed by atoms with Gasteiger partial charge in [-0.15, -0.1) is 0 Å². The summed E-state index contributed by atoms with van der Waals surface area (Å²) < 4.78 is 13.1. The molecule has 0 spiro atoms. The molecule has 0 bridgehead atoms. The van der Waals surface area contributed by atoms with E-state index in [0.717, 1.165) is 32.6 Å². The molecule has 0 saturated carbocycles. The fourth-order valence-electron chi connectivity index (χ4n) is 2.90. The fourth-order valence-corrected chi connectivity index (χ4v) is 2.90. The van der Waals surface area contributed by atoms with Gasteiger partial charge in [-0.3, -0.25) is 9.69 Å². The lowest BCUT2D eigenvalue weighted by Gasteiger charge is -2.38. The molecular formula is C17H26FN3O2. The maximum atomic E-state index is 13.1. The lowest BCUT2D eigenvalue weighted by Crippen LogP contribution is -2.51. The molecule has 1 aromatic carbocycles. The number of benzene rings is 1. The van der Waals surface area contributed by atoms with Crippen LogP contribution in [0.1, 0.15) is 19.8 Å². The van der Waals surface area contributed by atoms with E-state index in [4.69, 9.17) is 0 Å². The van der Waals surface area contributed by atoms with Crippen molar-refractivity contribution in [3.8, 4) is 0 Å². The highest BCUT2D eigenvalue weighted by atomic mass is 19.1. The van der Waals surface area contributed by atoms with Gasteiger partial charge in [-0.05, 0) is 24.6 Å². The summed E-state index contributed by atoms with van der Waals surface area (Å²) >= 11 is 0. The Balaban J connectivity index is 1.70. The molecule has 1 aliphatic rings. The minimum Gasteiger partial charge on any atom is -0.395 e. The Hall–Kier alpha value is -1.50. The van der Waals surface area contributed by atoms with Crippen LogP contribution in [-0.2, 0) is 4.79 Å². The first-order valence-corrected chi connectivity index (χ1v) is 8.25. The van der Waals surface area contributed by atoms with Crippen LogP contribution in [0.25, 0.3) is 0 Å². The van der Waals surface area contributed by atoms with Gasteiger partial charge in [-0.1, -0.05) is 13.0 Å². The van der Waals surface area contributed by atoms with E-state index in [9.17, 15) is 14.3 Å². The number of carbonyl (C=O) groups excluding carboxylic acids is 1. The number of hydrogen-bond acceptors (Lipinski definition) is 4. The molecule has 1 fully saturated rings. The van der Waals surface area contributed by atoms with E-state index in [1.54, 1.807) is 12.1 Å². The third-order valence-electron chi connectivity index (χ3n) is 4.37. The van der Waals surface area contributed by atoms with Gasteiger partial charge in [-0.25, -0.2) is 4.39 Å². The number of piperazine rings is 1. The molecule has 0 aliphatic carbocycles. The Morgan fingerprint density at radius 3 is 2.70 bits per heavy atom. The van der Waals surface area contributed by atoms with Gasteiger partial charge in [0.15, 0.2) is 0 Å². The molecule has 6 heteroatoms. The van der Waals surface area contributed by atoms with Gasteiger partial charge in [0.1, 0.15) is 5.82 Å². The SMILES string of the molecule is CCC(CO)N1CCN(CCC(=O)Nc2cccc(F)c2)CC1. The maximum Gasteiger partial charge on any atom is 0.225 e. The third kappa shape index (κ3) is 5.57. The molecule has 1 saturated heterocycles. The van der Waals surface area contributed by atoms with Crippen molar-refractivity contribution >= 4 is 11.6 Å². The first-order chi connectivity index (χ1) is 11.1. The summed E-state index contributed by atoms with van der Waals surface area (Å²) in [5.74, 6) is -0.451. The van der Waals surface area contributed by atoms with Crippen molar-refractivity contribution < 1.29 is 14.3 Å². The van der Waals surface area contributed by atoms with E-state index in [1.165, 1.54) is 12.1 Å². The zero-order chi connectivity index (χ0) is 16.7. The molecule has 5 nitrogen and oxygen atoms in total. The molecule has 128 valence electrons. The van der Waals surface area contributed by atoms with Crippen LogP contribution in [0.4, 0.5) is 10.1 Å². The predicted octanol–water partition coefficient (Wildman–Crippen LogP) is 1.54. The quantitative estimate of drug-likeness (QED) is 0.799. The van der Waals surface area contributed by atoms with Crippen LogP contribution >= 0.6 is 0 Å². The van der Waals surface area contributed by atoms with Gasteiger partial charge < -0.3 is 15.3 Å². The number of nitrogens with one attached hydrogen (secondary N) is 1. The summed E-state index contributed by atoms with van der Waals surface area (Å²) in [5, 5.41) is 12.1. The minimum absolute atomic E-state index is 0.0974. The number of aliphatic hydroxyl groups is 1. The van der Waals surface area contributed by atoms with Crippen LogP contribution in [0.15, 0.2) is 24.3 Å². The van der Waals surface area contributed by atoms with Crippen LogP contribution < -0.4 is 5.32 Å². The van der Waals surface area contributed by atoms with Crippen LogP contribution in [0.5, 0.6) is 0 Å². The summed E-state index contributed by atoms with van der Waals surface area (Å²) in [7, 11) is 0. The molecule has 2 N–H and O–H groups in total. The highest BCUT2D eigenvalue weighted by molar-refractivity contribution is 5.90. The number of amides is 1. The highest BCUT2D eigenvalue weighted by Gasteiger charge is 2.22. The van der Waals surface area contributed by atoms with Gasteiger partial charge in [0.25, 0.3) is 0 Å². The summed E-state index contributed by atoms with van der Waals surface area (Å²) in [4.78, 5) is 16.5. The third-order valence-corrected chi connectivity index (χ3v) is 4.37. The number of rotatable bonds is 7. The first-order valence-electron chi connectivity index (χ1n) is 8.25. The number of aliphatic hydroxyl groups excluding tert-OH is 1. The van der Waals surface area contributed by atoms with E-state index >= 15 is 0 Å². The highest BCUT2D eigenvalue weighted by Crippen LogP contribution is 2.11. The molecule has 1 atom stereocenters. The lowest BCUT2D eigenvalue weighted by molar-refractivity contribution is -0.116. The molecule has 1 aromatic rings. The standard InChI is InChI=1S/C17H26FN3O2/c1-2-16(13-22)21-10-8-20(9-11-21)7-6-17(23)19-15-5-3-4-14(18)12-15/h3-5,12,16,22H,2,6-11,13H2,1H3,(H,19,23). The van der Waals surface area contributed by atoms with Gasteiger partial charge in [0.2, 0.25) is 5.91 Å². The minimum atomic E-state index is -0.353. The number of anilines is 1. The zero-order valence-electron chi connectivity index (χ0n) is 13.7. The van der Waals surface area contributed by atoms with Crippen molar-refractivity contribution in [1.29, 1.82) is 0 Å². The topological polar surface area (TPSA) is 55.8 Å². The second-order valence-electron chi connectivity index (χ2n) is 5.93. The Bertz CT molecular complexity index is 500. The number of nitrogens with zero attached hydrogens (tertiary/aromatic N) is 2. The second-order valence-corrected chi connectivity index (χ2v) is 5.93. The van der Waals surface area contributed by atoms with Crippen LogP contribution in [0.2, 0.25) is 0 Å². The van der Waals surface area contributed by atoms with Crippen molar-refractivity contribution in [1.82, 2.24) is 9.80 Å². The maximum absolute atomic E-state index is 13.1. The van der Waals surface area contributed by atoms with Crippen LogP contribution in [0.3, 0.4) is 0 Å². The van der Waals surface area contributed by atoms with E-state index < -0.39 is 0 Å². The smallest absolute Gasteiger partial charge is 0.225 e. The average molecular weight is 323 g/mol. The summed E-state index contributed by atoms with van der Waals surface area (Å²) in [6.07, 6.45) is 1.35. The van der Waals surface area contributed by atoms with E-state index in [1.807, 2.05) is 0 Å². The largest absolute Gasteiger partial charge is 0.395 e. The van der Waals surface area contributed by atoms with E-state index in [0.29, 0.717) is 18.7 Å². The van der Waals surface area contributed by atoms with Gasteiger partial charge in [0, 0.05) is 50.9 Å². The molecule has 0 aromatic heterocycles. The molecule has 1 heterocycles. The summed E-state index contributed by atoms with van der Waals surface area (Å²) in [6.45, 7) is 6.64. The number of carbonyl (C=O) groups is 1. The van der Waals surface area contributed by atoms with Crippen LogP contribution in [0, 0.1) is 5.82 Å². The van der Waals surface area contributed by atoms with Crippen molar-refractivity contribution in [3.05, 3.63) is 30.1 Å². The first kappa shape index (κ1) is 17.8. The summed E-state index contributed by atoms with van der Waals surface area (Å²) in [6, 6.07) is 6.17. The Morgan fingerprint density at radius 1 is 1.35 bits per heavy atom. The molecule has 0 radical (unpaired) electrons. The molecular weight excluding hydrogens is 297 g/mol. The monoisotopic (exact) mass is 323 g/mol. The molecule has 1 amide bonds. The van der Waals surface area contributed by atoms with E-state index in [-0.39, 0.29) is 24.4 Å². The summed E-state index contributed by atoms with van der Waals surface area (Å²) in [5.41, 5.74) is 0.494. The Labute approximate surface area is 137 Å². The number of hydrogen-bond donors (Lipinski definition) is 2. The van der Waals surface area contributed by atoms with Gasteiger partial charge in [-0.2, -0.15) is 0 Å². The Morgan fingerprint density at radius 2 is 2.09 bits per heavy atom. The van der Waals surface area contributed by atoms with Crippen LogP contribution in [-0.4, -0.2) is 66.2 Å². The van der Waals surface area contributed by atoms with Gasteiger partial charge >= 0.3 is 0 Å². The average Bonchev–Trinajstić information content (AvgIpc) is 2.55. The molecule has 1 aliphatic heterocycles. The van der Waals surface area contributed by atoms with Gasteiger partial charge in [0.05, 0.1) is 6.61 Å². The van der Waals surface area contributed by atoms with Crippen molar-refractivity contribution in [2.24, 2.45) is 0 Å². The Kier molecular flexibility index (Phi) is 6.95. The fraction of sp³-hybridized carbons (Fsp3) is 0.588.